The molecule has 1 unspecified atom stereocenters. The molecule has 1 heterocycles. The fourth-order valence-electron chi connectivity index (χ4n) is 1.61. The van der Waals surface area contributed by atoms with Crippen LogP contribution in [-0.4, -0.2) is 55.0 Å². The van der Waals surface area contributed by atoms with Gasteiger partial charge in [-0.25, -0.2) is 0 Å². The second-order valence-corrected chi connectivity index (χ2v) is 3.48. The first-order valence-electron chi connectivity index (χ1n) is 4.65. The van der Waals surface area contributed by atoms with E-state index in [1.54, 1.807) is 0 Å². The minimum atomic E-state index is -4.18. The molecule has 0 bridgehead atoms. The van der Waals surface area contributed by atoms with Crippen LogP contribution in [0.2, 0.25) is 0 Å². The molecule has 0 saturated carbocycles. The van der Waals surface area contributed by atoms with E-state index in [-0.39, 0.29) is 6.61 Å². The summed E-state index contributed by atoms with van der Waals surface area (Å²) in [5.74, 6) is 0. The molecule has 14 heavy (non-hydrogen) atoms. The van der Waals surface area contributed by atoms with Gasteiger partial charge in [0.2, 0.25) is 0 Å². The van der Waals surface area contributed by atoms with E-state index < -0.39 is 18.8 Å². The number of nitrogens with one attached hydrogen (secondary N) is 1. The van der Waals surface area contributed by atoms with Gasteiger partial charge in [0.15, 0.2) is 0 Å². The molecule has 1 aliphatic heterocycles. The number of aliphatic hydroxyl groups excluding tert-OH is 1. The Hall–Kier alpha value is -0.330. The first kappa shape index (κ1) is 11.7. The average molecular weight is 212 g/mol. The highest BCUT2D eigenvalue weighted by molar-refractivity contribution is 4.78. The Morgan fingerprint density at radius 3 is 2.71 bits per heavy atom. The maximum absolute atomic E-state index is 12.1. The molecule has 0 aromatic rings. The topological polar surface area (TPSA) is 35.5 Å². The van der Waals surface area contributed by atoms with Crippen molar-refractivity contribution in [3.05, 3.63) is 0 Å². The molecular formula is C8H15F3N2O. The molecule has 0 amide bonds. The van der Waals surface area contributed by atoms with E-state index in [2.05, 4.69) is 5.32 Å². The van der Waals surface area contributed by atoms with Gasteiger partial charge in [0, 0.05) is 19.1 Å². The Labute approximate surface area is 80.9 Å². The van der Waals surface area contributed by atoms with Gasteiger partial charge < -0.3 is 10.4 Å². The van der Waals surface area contributed by atoms with E-state index in [0.29, 0.717) is 26.1 Å². The number of halogens is 3. The molecule has 0 aliphatic carbocycles. The number of nitrogens with zero attached hydrogens (tertiary/aromatic N) is 1. The van der Waals surface area contributed by atoms with Crippen LogP contribution in [0.4, 0.5) is 13.2 Å². The highest BCUT2D eigenvalue weighted by Crippen LogP contribution is 2.18. The molecule has 1 atom stereocenters. The minimum Gasteiger partial charge on any atom is -0.395 e. The Kier molecular flexibility index (Phi) is 4.15. The first-order chi connectivity index (χ1) is 6.53. The Balaban J connectivity index is 2.52. The van der Waals surface area contributed by atoms with Crippen molar-refractivity contribution in [3.8, 4) is 0 Å². The fourth-order valence-corrected chi connectivity index (χ4v) is 1.61. The van der Waals surface area contributed by atoms with Crippen molar-refractivity contribution in [2.24, 2.45) is 0 Å². The number of hydrogen-bond acceptors (Lipinski definition) is 3. The van der Waals surface area contributed by atoms with Crippen molar-refractivity contribution in [1.29, 1.82) is 0 Å². The average Bonchev–Trinajstić information content (AvgIpc) is 2.27. The standard InChI is InChI=1S/C8H15F3N2O/c9-8(10,11)6-13-3-1-2-12-4-7(13)5-14/h7,12,14H,1-6H2. The van der Waals surface area contributed by atoms with E-state index in [0.717, 1.165) is 0 Å². The summed E-state index contributed by atoms with van der Waals surface area (Å²) >= 11 is 0. The second kappa shape index (κ2) is 4.95. The predicted octanol–water partition coefficient (Wildman–Crippen LogP) is 0.205. The van der Waals surface area contributed by atoms with Crippen LogP contribution in [0.3, 0.4) is 0 Å². The SMILES string of the molecule is OCC1CNCCCN1CC(F)(F)F. The molecule has 0 radical (unpaired) electrons. The van der Waals surface area contributed by atoms with Crippen molar-refractivity contribution in [2.75, 3.05) is 32.8 Å². The largest absolute Gasteiger partial charge is 0.401 e. The molecule has 0 aromatic carbocycles. The second-order valence-electron chi connectivity index (χ2n) is 3.48. The molecule has 1 rings (SSSR count). The number of rotatable bonds is 2. The molecule has 0 spiro atoms. The molecule has 0 aromatic heterocycles. The van der Waals surface area contributed by atoms with Crippen molar-refractivity contribution < 1.29 is 18.3 Å². The van der Waals surface area contributed by atoms with Crippen LogP contribution < -0.4 is 5.32 Å². The third-order valence-electron chi connectivity index (χ3n) is 2.29. The van der Waals surface area contributed by atoms with Gasteiger partial charge in [0.05, 0.1) is 13.2 Å². The third kappa shape index (κ3) is 3.81. The van der Waals surface area contributed by atoms with Gasteiger partial charge in [-0.3, -0.25) is 4.90 Å². The lowest BCUT2D eigenvalue weighted by Gasteiger charge is -2.28. The third-order valence-corrected chi connectivity index (χ3v) is 2.29. The molecule has 6 heteroatoms. The maximum Gasteiger partial charge on any atom is 0.401 e. The van der Waals surface area contributed by atoms with E-state index in [4.69, 9.17) is 5.11 Å². The molecule has 3 nitrogen and oxygen atoms in total. The molecule has 1 aliphatic rings. The summed E-state index contributed by atoms with van der Waals surface area (Å²) in [5, 5.41) is 11.9. The monoisotopic (exact) mass is 212 g/mol. The van der Waals surface area contributed by atoms with Crippen LogP contribution in [0, 0.1) is 0 Å². The van der Waals surface area contributed by atoms with Crippen molar-refractivity contribution in [1.82, 2.24) is 10.2 Å². The quantitative estimate of drug-likeness (QED) is 0.686. The summed E-state index contributed by atoms with van der Waals surface area (Å²) in [5.41, 5.74) is 0. The zero-order valence-electron chi connectivity index (χ0n) is 7.85. The van der Waals surface area contributed by atoms with Crippen LogP contribution in [-0.2, 0) is 0 Å². The summed E-state index contributed by atoms with van der Waals surface area (Å²) in [4.78, 5) is 1.29. The Morgan fingerprint density at radius 2 is 2.14 bits per heavy atom. The van der Waals surface area contributed by atoms with Crippen LogP contribution in [0.1, 0.15) is 6.42 Å². The summed E-state index contributed by atoms with van der Waals surface area (Å²) in [6, 6.07) is -0.417. The number of alkyl halides is 3. The van der Waals surface area contributed by atoms with Crippen LogP contribution in [0.15, 0.2) is 0 Å². The van der Waals surface area contributed by atoms with Gasteiger partial charge >= 0.3 is 6.18 Å². The molecule has 1 saturated heterocycles. The van der Waals surface area contributed by atoms with E-state index in [1.807, 2.05) is 0 Å². The molecule has 1 fully saturated rings. The zero-order valence-corrected chi connectivity index (χ0v) is 7.85. The van der Waals surface area contributed by atoms with E-state index in [1.165, 1.54) is 4.90 Å². The molecule has 84 valence electrons. The van der Waals surface area contributed by atoms with Gasteiger partial charge in [-0.15, -0.1) is 0 Å². The van der Waals surface area contributed by atoms with Crippen molar-refractivity contribution in [2.45, 2.75) is 18.6 Å². The lowest BCUT2D eigenvalue weighted by molar-refractivity contribution is -0.151. The van der Waals surface area contributed by atoms with Gasteiger partial charge in [-0.05, 0) is 13.0 Å². The number of hydrogen-bond donors (Lipinski definition) is 2. The normalized spacial score (nSPS) is 26.1. The maximum atomic E-state index is 12.1. The van der Waals surface area contributed by atoms with Gasteiger partial charge in [0.1, 0.15) is 0 Å². The zero-order chi connectivity index (χ0) is 10.6. The van der Waals surface area contributed by atoms with E-state index in [9.17, 15) is 13.2 Å². The van der Waals surface area contributed by atoms with Gasteiger partial charge in [0.25, 0.3) is 0 Å². The van der Waals surface area contributed by atoms with Gasteiger partial charge in [-0.1, -0.05) is 0 Å². The smallest absolute Gasteiger partial charge is 0.395 e. The molecule has 2 N–H and O–H groups in total. The van der Waals surface area contributed by atoms with E-state index >= 15 is 0 Å². The molecular weight excluding hydrogens is 197 g/mol. The van der Waals surface area contributed by atoms with Crippen LogP contribution in [0.5, 0.6) is 0 Å². The predicted molar refractivity (Wildman–Crippen MR) is 46.0 cm³/mol. The van der Waals surface area contributed by atoms with Crippen LogP contribution in [0.25, 0.3) is 0 Å². The first-order valence-corrected chi connectivity index (χ1v) is 4.65. The summed E-state index contributed by atoms with van der Waals surface area (Å²) in [6.45, 7) is 0.359. The summed E-state index contributed by atoms with van der Waals surface area (Å²) < 4.78 is 36.4. The summed E-state index contributed by atoms with van der Waals surface area (Å²) in [7, 11) is 0. The summed E-state index contributed by atoms with van der Waals surface area (Å²) in [6.07, 6.45) is -3.50. The Bertz CT molecular complexity index is 174. The highest BCUT2D eigenvalue weighted by atomic mass is 19.4. The van der Waals surface area contributed by atoms with Crippen LogP contribution >= 0.6 is 0 Å². The minimum absolute atomic E-state index is 0.233. The van der Waals surface area contributed by atoms with Crippen molar-refractivity contribution >= 4 is 0 Å². The Morgan fingerprint density at radius 1 is 1.43 bits per heavy atom. The van der Waals surface area contributed by atoms with Crippen molar-refractivity contribution in [3.63, 3.8) is 0 Å². The highest BCUT2D eigenvalue weighted by Gasteiger charge is 2.33. The van der Waals surface area contributed by atoms with Gasteiger partial charge in [-0.2, -0.15) is 13.2 Å². The number of aliphatic hydroxyl groups is 1. The fraction of sp³-hybridized carbons (Fsp3) is 1.00. The lowest BCUT2D eigenvalue weighted by Crippen LogP contribution is -2.46. The lowest BCUT2D eigenvalue weighted by atomic mass is 10.2.